The lowest BCUT2D eigenvalue weighted by atomic mass is 9.82. The van der Waals surface area contributed by atoms with Gasteiger partial charge in [-0.05, 0) is 41.8 Å². The molecule has 29 heavy (non-hydrogen) atoms. The fourth-order valence-corrected chi connectivity index (χ4v) is 3.56. The highest BCUT2D eigenvalue weighted by Gasteiger charge is 2.46. The van der Waals surface area contributed by atoms with Gasteiger partial charge >= 0.3 is 6.18 Å². The Hall–Kier alpha value is -2.41. The SMILES string of the molecule is CC(C)CC(=O)C1(c2ccc(Cl)c(C(F)(F)F)c2)CN(c2cccc(F)c2)C=N1. The monoisotopic (exact) mass is 426 g/mol. The zero-order valence-corrected chi connectivity index (χ0v) is 16.6. The van der Waals surface area contributed by atoms with Crippen LogP contribution in [0.3, 0.4) is 0 Å². The van der Waals surface area contributed by atoms with Crippen molar-refractivity contribution in [2.45, 2.75) is 32.0 Å². The van der Waals surface area contributed by atoms with Crippen LogP contribution in [0.5, 0.6) is 0 Å². The number of hydrogen-bond donors (Lipinski definition) is 0. The summed E-state index contributed by atoms with van der Waals surface area (Å²) < 4.78 is 53.8. The van der Waals surface area contributed by atoms with E-state index in [-0.39, 0.29) is 30.2 Å². The number of nitrogens with zero attached hydrogens (tertiary/aromatic N) is 2. The van der Waals surface area contributed by atoms with E-state index in [4.69, 9.17) is 11.6 Å². The molecule has 0 saturated heterocycles. The molecule has 0 aromatic heterocycles. The summed E-state index contributed by atoms with van der Waals surface area (Å²) in [6.45, 7) is 3.66. The van der Waals surface area contributed by atoms with Crippen molar-refractivity contribution >= 4 is 29.4 Å². The number of halogens is 5. The first-order valence-corrected chi connectivity index (χ1v) is 9.39. The Bertz CT molecular complexity index is 958. The molecule has 1 unspecified atom stereocenters. The molecule has 154 valence electrons. The molecule has 0 aliphatic carbocycles. The summed E-state index contributed by atoms with van der Waals surface area (Å²) in [5, 5.41) is -0.448. The van der Waals surface area contributed by atoms with Crippen molar-refractivity contribution in [1.29, 1.82) is 0 Å². The number of alkyl halides is 3. The van der Waals surface area contributed by atoms with E-state index in [1.54, 1.807) is 11.0 Å². The Labute approximate surface area is 171 Å². The van der Waals surface area contributed by atoms with E-state index in [0.29, 0.717) is 5.69 Å². The molecular formula is C21H19ClF4N2O. The molecule has 2 aromatic rings. The van der Waals surface area contributed by atoms with Gasteiger partial charge in [0.15, 0.2) is 11.3 Å². The molecule has 3 rings (SSSR count). The lowest BCUT2D eigenvalue weighted by Gasteiger charge is -2.29. The van der Waals surface area contributed by atoms with E-state index in [0.717, 1.165) is 12.1 Å². The molecule has 1 aliphatic rings. The molecular weight excluding hydrogens is 408 g/mol. The van der Waals surface area contributed by atoms with Gasteiger partial charge in [0, 0.05) is 12.1 Å². The van der Waals surface area contributed by atoms with E-state index in [9.17, 15) is 22.4 Å². The lowest BCUT2D eigenvalue weighted by Crippen LogP contribution is -2.40. The first-order valence-electron chi connectivity index (χ1n) is 9.01. The van der Waals surface area contributed by atoms with E-state index >= 15 is 0 Å². The van der Waals surface area contributed by atoms with E-state index in [1.807, 2.05) is 13.8 Å². The fourth-order valence-electron chi connectivity index (χ4n) is 3.34. The average molecular weight is 427 g/mol. The zero-order valence-electron chi connectivity index (χ0n) is 15.8. The fraction of sp³-hybridized carbons (Fsp3) is 0.333. The number of anilines is 1. The molecule has 0 bridgehead atoms. The number of benzene rings is 2. The average Bonchev–Trinajstić information content (AvgIpc) is 3.07. The minimum Gasteiger partial charge on any atom is -0.329 e. The van der Waals surface area contributed by atoms with E-state index < -0.39 is 28.1 Å². The molecule has 0 amide bonds. The predicted molar refractivity (Wildman–Crippen MR) is 105 cm³/mol. The van der Waals surface area contributed by atoms with Crippen LogP contribution in [0.4, 0.5) is 23.2 Å². The standard InChI is InChI=1S/C21H19ClF4N2O/c1-13(2)8-19(29)20(14-6-7-18(22)17(9-14)21(24,25)26)11-28(12-27-20)16-5-3-4-15(23)10-16/h3-7,9-10,12-13H,8,11H2,1-2H3. The maximum atomic E-state index is 13.6. The van der Waals surface area contributed by atoms with Gasteiger partial charge in [0.05, 0.1) is 23.5 Å². The third-order valence-corrected chi connectivity index (χ3v) is 5.09. The summed E-state index contributed by atoms with van der Waals surface area (Å²) in [5.41, 5.74) is -1.98. The minimum absolute atomic E-state index is 0.00724. The third kappa shape index (κ3) is 4.29. The van der Waals surface area contributed by atoms with Gasteiger partial charge in [0.2, 0.25) is 0 Å². The smallest absolute Gasteiger partial charge is 0.329 e. The second-order valence-electron chi connectivity index (χ2n) is 7.43. The highest BCUT2D eigenvalue weighted by atomic mass is 35.5. The number of Topliss-reactive ketones (excluding diaryl/α,β-unsaturated/α-hetero) is 1. The molecule has 2 aromatic carbocycles. The van der Waals surface area contributed by atoms with Crippen LogP contribution >= 0.6 is 11.6 Å². The number of carbonyl (C=O) groups is 1. The summed E-state index contributed by atoms with van der Waals surface area (Å²) in [5.74, 6) is -0.780. The van der Waals surface area contributed by atoms with Crippen molar-refractivity contribution < 1.29 is 22.4 Å². The van der Waals surface area contributed by atoms with Crippen LogP contribution in [-0.4, -0.2) is 18.7 Å². The van der Waals surface area contributed by atoms with Gasteiger partial charge in [-0.3, -0.25) is 9.79 Å². The van der Waals surface area contributed by atoms with Gasteiger partial charge in [-0.2, -0.15) is 13.2 Å². The summed E-state index contributed by atoms with van der Waals surface area (Å²) >= 11 is 5.74. The Morgan fingerprint density at radius 1 is 1.24 bits per heavy atom. The minimum atomic E-state index is -4.67. The molecule has 0 fully saturated rings. The first-order chi connectivity index (χ1) is 13.5. The van der Waals surface area contributed by atoms with Crippen LogP contribution < -0.4 is 4.90 Å². The Kier molecular flexibility index (Phi) is 5.72. The molecule has 0 radical (unpaired) electrons. The highest BCUT2D eigenvalue weighted by molar-refractivity contribution is 6.31. The number of carbonyl (C=O) groups excluding carboxylic acids is 1. The molecule has 3 nitrogen and oxygen atoms in total. The zero-order chi connectivity index (χ0) is 21.4. The van der Waals surface area contributed by atoms with Crippen LogP contribution in [0.15, 0.2) is 47.5 Å². The van der Waals surface area contributed by atoms with Crippen LogP contribution in [0.1, 0.15) is 31.4 Å². The van der Waals surface area contributed by atoms with E-state index in [2.05, 4.69) is 4.99 Å². The van der Waals surface area contributed by atoms with Crippen LogP contribution in [0, 0.1) is 11.7 Å². The maximum absolute atomic E-state index is 13.6. The van der Waals surface area contributed by atoms with Crippen molar-refractivity contribution in [3.63, 3.8) is 0 Å². The summed E-state index contributed by atoms with van der Waals surface area (Å²) in [6, 6.07) is 9.11. The molecule has 0 N–H and O–H groups in total. The van der Waals surface area contributed by atoms with Crippen LogP contribution in [0.25, 0.3) is 0 Å². The normalized spacial score (nSPS) is 19.2. The van der Waals surface area contributed by atoms with Gasteiger partial charge in [-0.25, -0.2) is 4.39 Å². The number of rotatable bonds is 5. The maximum Gasteiger partial charge on any atom is 0.417 e. The molecule has 1 aliphatic heterocycles. The highest BCUT2D eigenvalue weighted by Crippen LogP contribution is 2.41. The van der Waals surface area contributed by atoms with Crippen LogP contribution in [0.2, 0.25) is 5.02 Å². The molecule has 8 heteroatoms. The van der Waals surface area contributed by atoms with Crippen LogP contribution in [-0.2, 0) is 16.5 Å². The predicted octanol–water partition coefficient (Wildman–Crippen LogP) is 5.86. The quantitative estimate of drug-likeness (QED) is 0.561. The number of hydrogen-bond acceptors (Lipinski definition) is 3. The summed E-state index contributed by atoms with van der Waals surface area (Å²) in [4.78, 5) is 19.0. The summed E-state index contributed by atoms with van der Waals surface area (Å²) in [6.07, 6.45) is -3.16. The Morgan fingerprint density at radius 2 is 1.97 bits per heavy atom. The second kappa shape index (κ2) is 7.78. The van der Waals surface area contributed by atoms with Crippen molar-refractivity contribution in [3.05, 3.63) is 64.4 Å². The number of aliphatic imine (C=N–C) groups is 1. The second-order valence-corrected chi connectivity index (χ2v) is 7.83. The molecule has 1 heterocycles. The van der Waals surface area contributed by atoms with Gasteiger partial charge in [-0.1, -0.05) is 37.6 Å². The van der Waals surface area contributed by atoms with E-state index in [1.165, 1.54) is 30.6 Å². The van der Waals surface area contributed by atoms with Gasteiger partial charge < -0.3 is 4.90 Å². The Balaban J connectivity index is 2.08. The van der Waals surface area contributed by atoms with Crippen molar-refractivity contribution in [2.75, 3.05) is 11.4 Å². The lowest BCUT2D eigenvalue weighted by molar-refractivity contribution is -0.137. The van der Waals surface area contributed by atoms with Gasteiger partial charge in [-0.15, -0.1) is 0 Å². The largest absolute Gasteiger partial charge is 0.417 e. The summed E-state index contributed by atoms with van der Waals surface area (Å²) in [7, 11) is 0. The Morgan fingerprint density at radius 3 is 2.59 bits per heavy atom. The molecule has 0 saturated carbocycles. The topological polar surface area (TPSA) is 32.7 Å². The first kappa shape index (κ1) is 21.3. The third-order valence-electron chi connectivity index (χ3n) is 4.76. The molecule has 0 spiro atoms. The van der Waals surface area contributed by atoms with Gasteiger partial charge in [0.25, 0.3) is 0 Å². The molecule has 1 atom stereocenters. The van der Waals surface area contributed by atoms with Crippen molar-refractivity contribution in [2.24, 2.45) is 10.9 Å². The van der Waals surface area contributed by atoms with Crippen molar-refractivity contribution in [1.82, 2.24) is 0 Å². The number of ketones is 1. The van der Waals surface area contributed by atoms with Crippen molar-refractivity contribution in [3.8, 4) is 0 Å². The van der Waals surface area contributed by atoms with Gasteiger partial charge in [0.1, 0.15) is 5.82 Å².